The highest BCUT2D eigenvalue weighted by molar-refractivity contribution is 6.04. The zero-order valence-corrected chi connectivity index (χ0v) is 16.2. The van der Waals surface area contributed by atoms with Crippen molar-refractivity contribution >= 4 is 29.3 Å². The first-order valence-electron chi connectivity index (χ1n) is 9.72. The smallest absolute Gasteiger partial charge is 0.258 e. The maximum Gasteiger partial charge on any atom is 0.258 e. The Labute approximate surface area is 167 Å². The normalized spacial score (nSPS) is 18.7. The molecule has 2 aliphatic heterocycles. The summed E-state index contributed by atoms with van der Waals surface area (Å²) >= 11 is 0. The number of anilines is 3. The van der Waals surface area contributed by atoms with E-state index >= 15 is 0 Å². The van der Waals surface area contributed by atoms with Gasteiger partial charge in [0, 0.05) is 25.2 Å². The molecule has 0 aliphatic carbocycles. The van der Waals surface area contributed by atoms with Gasteiger partial charge in [0.25, 0.3) is 5.56 Å². The van der Waals surface area contributed by atoms with E-state index in [-0.39, 0.29) is 23.7 Å². The molecular weight excluding hydrogens is 374 g/mol. The van der Waals surface area contributed by atoms with Gasteiger partial charge in [0.2, 0.25) is 17.8 Å². The Balaban J connectivity index is 1.65. The minimum atomic E-state index is -0.904. The Bertz CT molecular complexity index is 997. The highest BCUT2D eigenvalue weighted by Crippen LogP contribution is 2.30. The van der Waals surface area contributed by atoms with Crippen molar-refractivity contribution < 1.29 is 14.3 Å². The summed E-state index contributed by atoms with van der Waals surface area (Å²) in [6.45, 7) is 4.25. The number of carbonyl (C=O) groups excluding carboxylic acids is 2. The molecule has 2 aliphatic rings. The van der Waals surface area contributed by atoms with Gasteiger partial charge in [-0.05, 0) is 18.1 Å². The van der Waals surface area contributed by atoms with E-state index < -0.39 is 17.4 Å². The van der Waals surface area contributed by atoms with Crippen LogP contribution in [0, 0.1) is 0 Å². The summed E-state index contributed by atoms with van der Waals surface area (Å²) in [5, 5.41) is 5.51. The number of nitrogens with zero attached hydrogens (tertiary/aromatic N) is 2. The molecule has 0 radical (unpaired) electrons. The number of amides is 2. The van der Waals surface area contributed by atoms with E-state index in [1.165, 1.54) is 0 Å². The van der Waals surface area contributed by atoms with Crippen molar-refractivity contribution in [1.29, 1.82) is 0 Å². The summed E-state index contributed by atoms with van der Waals surface area (Å²) in [5.41, 5.74) is 1.44. The van der Waals surface area contributed by atoms with Gasteiger partial charge in [0.05, 0.1) is 24.7 Å². The van der Waals surface area contributed by atoms with Crippen LogP contribution in [0.5, 0.6) is 0 Å². The van der Waals surface area contributed by atoms with Gasteiger partial charge in [0.1, 0.15) is 5.82 Å². The quantitative estimate of drug-likeness (QED) is 0.715. The fourth-order valence-corrected chi connectivity index (χ4v) is 3.68. The molecule has 152 valence electrons. The second-order valence-electron chi connectivity index (χ2n) is 7.06. The van der Waals surface area contributed by atoms with Crippen molar-refractivity contribution in [2.24, 2.45) is 0 Å². The topological polar surface area (TPSA) is 116 Å². The number of hydrogen-bond acceptors (Lipinski definition) is 6. The minimum Gasteiger partial charge on any atom is -0.378 e. The van der Waals surface area contributed by atoms with Gasteiger partial charge in [-0.25, -0.2) is 0 Å². The molecule has 1 atom stereocenters. The van der Waals surface area contributed by atoms with E-state index in [1.807, 2.05) is 36.1 Å². The Morgan fingerprint density at radius 2 is 2.03 bits per heavy atom. The molecule has 29 heavy (non-hydrogen) atoms. The third-order valence-electron chi connectivity index (χ3n) is 5.22. The first-order valence-corrected chi connectivity index (χ1v) is 9.72. The lowest BCUT2D eigenvalue weighted by molar-refractivity contribution is -0.123. The number of rotatable bonds is 4. The molecule has 3 N–H and O–H groups in total. The second kappa shape index (κ2) is 8.04. The predicted molar refractivity (Wildman–Crippen MR) is 108 cm³/mol. The Kier molecular flexibility index (Phi) is 5.30. The van der Waals surface area contributed by atoms with Crippen molar-refractivity contribution in [3.05, 3.63) is 45.7 Å². The minimum absolute atomic E-state index is 0.102. The maximum absolute atomic E-state index is 13.0. The number of carbonyl (C=O) groups is 2. The highest BCUT2D eigenvalue weighted by atomic mass is 16.5. The second-order valence-corrected chi connectivity index (χ2v) is 7.06. The van der Waals surface area contributed by atoms with Crippen LogP contribution in [0.15, 0.2) is 29.1 Å². The van der Waals surface area contributed by atoms with Crippen LogP contribution >= 0.6 is 0 Å². The lowest BCUT2D eigenvalue weighted by Gasteiger charge is -2.29. The largest absolute Gasteiger partial charge is 0.378 e. The number of H-pyrrole nitrogens is 1. The number of para-hydroxylation sites is 1. The molecule has 1 aromatic carbocycles. The van der Waals surface area contributed by atoms with Crippen LogP contribution < -0.4 is 21.1 Å². The summed E-state index contributed by atoms with van der Waals surface area (Å²) in [6, 6.07) is 7.48. The summed E-state index contributed by atoms with van der Waals surface area (Å²) < 4.78 is 5.32. The van der Waals surface area contributed by atoms with Crippen molar-refractivity contribution in [1.82, 2.24) is 9.97 Å². The van der Waals surface area contributed by atoms with Gasteiger partial charge >= 0.3 is 0 Å². The lowest BCUT2D eigenvalue weighted by Crippen LogP contribution is -2.41. The molecule has 0 unspecified atom stereocenters. The summed E-state index contributed by atoms with van der Waals surface area (Å²) in [4.78, 5) is 47.1. The lowest BCUT2D eigenvalue weighted by atomic mass is 9.92. The number of aromatic amines is 1. The van der Waals surface area contributed by atoms with Crippen LogP contribution in [0.1, 0.15) is 30.4 Å². The number of aromatic nitrogens is 2. The van der Waals surface area contributed by atoms with Gasteiger partial charge in [-0.1, -0.05) is 25.1 Å². The van der Waals surface area contributed by atoms with E-state index in [1.54, 1.807) is 0 Å². The Hall–Kier alpha value is -3.20. The number of benzene rings is 1. The molecule has 1 aromatic heterocycles. The molecule has 9 nitrogen and oxygen atoms in total. The van der Waals surface area contributed by atoms with Crippen LogP contribution in [0.2, 0.25) is 0 Å². The predicted octanol–water partition coefficient (Wildman–Crippen LogP) is 1.23. The molecule has 9 heteroatoms. The van der Waals surface area contributed by atoms with E-state index in [2.05, 4.69) is 20.6 Å². The standard InChI is InChI=1S/C20H23N5O4/c1-2-12-5-3-4-6-14(12)21-18(27)13-11-15(26)22-17-16(13)19(28)24-20(23-17)25-7-9-29-10-8-25/h3-6,13H,2,7-11H2,1H3,(H,21,27)(H2,22,23,24,26,28)/t13-/m1/s1. The molecule has 0 bridgehead atoms. The monoisotopic (exact) mass is 397 g/mol. The fourth-order valence-electron chi connectivity index (χ4n) is 3.68. The van der Waals surface area contributed by atoms with Crippen LogP contribution in [0.3, 0.4) is 0 Å². The molecule has 1 fully saturated rings. The van der Waals surface area contributed by atoms with Gasteiger partial charge in [-0.15, -0.1) is 0 Å². The van der Waals surface area contributed by atoms with E-state index in [0.717, 1.165) is 12.0 Å². The Morgan fingerprint density at radius 3 is 2.79 bits per heavy atom. The first kappa shape index (κ1) is 19.1. The molecule has 0 spiro atoms. The fraction of sp³-hybridized carbons (Fsp3) is 0.400. The summed E-state index contributed by atoms with van der Waals surface area (Å²) in [7, 11) is 0. The maximum atomic E-state index is 13.0. The molecule has 2 amide bonds. The molecule has 0 saturated carbocycles. The molecular formula is C20H23N5O4. The third kappa shape index (κ3) is 3.86. The van der Waals surface area contributed by atoms with Crippen LogP contribution in [-0.2, 0) is 20.7 Å². The van der Waals surface area contributed by atoms with E-state index in [4.69, 9.17) is 4.74 Å². The first-order chi connectivity index (χ1) is 14.1. The van der Waals surface area contributed by atoms with Gasteiger partial charge in [-0.2, -0.15) is 4.98 Å². The number of fused-ring (bicyclic) bond motifs is 1. The highest BCUT2D eigenvalue weighted by Gasteiger charge is 2.35. The average molecular weight is 397 g/mol. The number of aryl methyl sites for hydroxylation is 1. The number of nitrogens with one attached hydrogen (secondary N) is 3. The number of ether oxygens (including phenoxy) is 1. The van der Waals surface area contributed by atoms with Gasteiger partial charge in [-0.3, -0.25) is 19.4 Å². The third-order valence-corrected chi connectivity index (χ3v) is 5.22. The van der Waals surface area contributed by atoms with E-state index in [0.29, 0.717) is 37.9 Å². The molecule has 4 rings (SSSR count). The van der Waals surface area contributed by atoms with Crippen molar-refractivity contribution in [2.75, 3.05) is 41.8 Å². The van der Waals surface area contributed by atoms with Crippen LogP contribution in [0.25, 0.3) is 0 Å². The Morgan fingerprint density at radius 1 is 1.28 bits per heavy atom. The number of hydrogen-bond donors (Lipinski definition) is 3. The van der Waals surface area contributed by atoms with Crippen LogP contribution in [-0.4, -0.2) is 48.1 Å². The summed E-state index contributed by atoms with van der Waals surface area (Å²) in [6.07, 6.45) is 0.651. The average Bonchev–Trinajstić information content (AvgIpc) is 2.73. The van der Waals surface area contributed by atoms with E-state index in [9.17, 15) is 14.4 Å². The van der Waals surface area contributed by atoms with Crippen molar-refractivity contribution in [3.8, 4) is 0 Å². The van der Waals surface area contributed by atoms with Crippen molar-refractivity contribution in [2.45, 2.75) is 25.7 Å². The van der Waals surface area contributed by atoms with Gasteiger partial charge in [0.15, 0.2) is 0 Å². The SMILES string of the molecule is CCc1ccccc1NC(=O)[C@@H]1CC(=O)Nc2nc(N3CCOCC3)[nH]c(=O)c21. The van der Waals surface area contributed by atoms with Crippen LogP contribution in [0.4, 0.5) is 17.5 Å². The van der Waals surface area contributed by atoms with Crippen molar-refractivity contribution in [3.63, 3.8) is 0 Å². The molecule has 2 aromatic rings. The number of morpholine rings is 1. The summed E-state index contributed by atoms with van der Waals surface area (Å²) in [5.74, 6) is -1.12. The zero-order chi connectivity index (χ0) is 20.4. The van der Waals surface area contributed by atoms with Gasteiger partial charge < -0.3 is 20.3 Å². The molecule has 1 saturated heterocycles. The zero-order valence-electron chi connectivity index (χ0n) is 16.2. The molecule has 3 heterocycles.